The Hall–Kier alpha value is -1.14. The van der Waals surface area contributed by atoms with Crippen LogP contribution >= 0.6 is 23.1 Å². The normalized spacial score (nSPS) is 14.8. The first-order chi connectivity index (χ1) is 7.59. The van der Waals surface area contributed by atoms with E-state index >= 15 is 0 Å². The van der Waals surface area contributed by atoms with E-state index in [0.717, 1.165) is 15.3 Å². The number of nitrogens with zero attached hydrogens (tertiary/aromatic N) is 2. The predicted molar refractivity (Wildman–Crippen MR) is 64.7 cm³/mol. The highest BCUT2D eigenvalue weighted by atomic mass is 32.2. The first-order valence-corrected chi connectivity index (χ1v) is 6.58. The van der Waals surface area contributed by atoms with Crippen LogP contribution in [0.1, 0.15) is 15.2 Å². The van der Waals surface area contributed by atoms with Gasteiger partial charge < -0.3 is 0 Å². The van der Waals surface area contributed by atoms with E-state index in [4.69, 9.17) is 0 Å². The molecule has 0 spiro atoms. The first-order valence-electron chi connectivity index (χ1n) is 4.78. The van der Waals surface area contributed by atoms with Crippen molar-refractivity contribution in [3.8, 4) is 0 Å². The number of hydrogen-bond donors (Lipinski definition) is 0. The lowest BCUT2D eigenvalue weighted by Crippen LogP contribution is -2.16. The Labute approximate surface area is 99.3 Å². The summed E-state index contributed by atoms with van der Waals surface area (Å²) in [7, 11) is 0. The van der Waals surface area contributed by atoms with Crippen LogP contribution in [0.25, 0.3) is 10.2 Å². The third-order valence-electron chi connectivity index (χ3n) is 2.75. The molecule has 0 atom stereocenters. The van der Waals surface area contributed by atoms with E-state index < -0.39 is 0 Å². The summed E-state index contributed by atoms with van der Waals surface area (Å²) < 4.78 is 1.58. The fourth-order valence-corrected chi connectivity index (χ4v) is 3.88. The number of fused-ring (bicyclic) bond motifs is 3. The number of thiophene rings is 1. The van der Waals surface area contributed by atoms with E-state index in [-0.39, 0.29) is 11.5 Å². The van der Waals surface area contributed by atoms with Crippen LogP contribution in [0.2, 0.25) is 0 Å². The van der Waals surface area contributed by atoms with Crippen LogP contribution in [0.4, 0.5) is 0 Å². The zero-order valence-corrected chi connectivity index (χ0v) is 10.4. The van der Waals surface area contributed by atoms with Crippen molar-refractivity contribution in [1.29, 1.82) is 0 Å². The highest BCUT2D eigenvalue weighted by Gasteiger charge is 2.25. The SMILES string of the molecule is Cc1sc2c(c1C)c(=O)nc1n2C(=O)CS1. The Morgan fingerprint density at radius 3 is 2.81 bits per heavy atom. The summed E-state index contributed by atoms with van der Waals surface area (Å²) in [5, 5.41) is 1.13. The molecule has 16 heavy (non-hydrogen) atoms. The second-order valence-electron chi connectivity index (χ2n) is 3.68. The largest absolute Gasteiger partial charge is 0.282 e. The maximum atomic E-state index is 11.8. The maximum Gasteiger partial charge on any atom is 0.282 e. The fourth-order valence-electron chi connectivity index (χ4n) is 1.81. The average molecular weight is 252 g/mol. The van der Waals surface area contributed by atoms with Crippen LogP contribution in [-0.2, 0) is 0 Å². The van der Waals surface area contributed by atoms with Gasteiger partial charge in [-0.25, -0.2) is 4.57 Å². The third kappa shape index (κ3) is 1.14. The van der Waals surface area contributed by atoms with Crippen LogP contribution in [0, 0.1) is 13.8 Å². The summed E-state index contributed by atoms with van der Waals surface area (Å²) in [6.45, 7) is 3.86. The Kier molecular flexibility index (Phi) is 1.99. The molecule has 6 heteroatoms. The molecule has 2 aromatic heterocycles. The van der Waals surface area contributed by atoms with Gasteiger partial charge in [-0.1, -0.05) is 11.8 Å². The van der Waals surface area contributed by atoms with Gasteiger partial charge in [0, 0.05) is 4.88 Å². The Balaban J connectivity index is 2.58. The van der Waals surface area contributed by atoms with Crippen molar-refractivity contribution in [2.24, 2.45) is 0 Å². The van der Waals surface area contributed by atoms with Gasteiger partial charge in [0.2, 0.25) is 5.91 Å². The number of aryl methyl sites for hydroxylation is 2. The lowest BCUT2D eigenvalue weighted by Gasteiger charge is -2.00. The smallest absolute Gasteiger partial charge is 0.273 e. The van der Waals surface area contributed by atoms with E-state index in [1.165, 1.54) is 23.1 Å². The molecule has 0 N–H and O–H groups in total. The average Bonchev–Trinajstić information content (AvgIpc) is 2.71. The van der Waals surface area contributed by atoms with Crippen LogP contribution in [-0.4, -0.2) is 21.2 Å². The van der Waals surface area contributed by atoms with Crippen molar-refractivity contribution in [1.82, 2.24) is 9.55 Å². The third-order valence-corrected chi connectivity index (χ3v) is 4.86. The molecule has 3 rings (SSSR count). The van der Waals surface area contributed by atoms with E-state index in [9.17, 15) is 9.59 Å². The predicted octanol–water partition coefficient (Wildman–Crippen LogP) is 1.82. The van der Waals surface area contributed by atoms with Crippen molar-refractivity contribution in [2.45, 2.75) is 19.0 Å². The molecule has 1 aliphatic heterocycles. The molecule has 3 heterocycles. The van der Waals surface area contributed by atoms with Crippen molar-refractivity contribution in [2.75, 3.05) is 5.75 Å². The molecular weight excluding hydrogens is 244 g/mol. The first kappa shape index (κ1) is 10.0. The van der Waals surface area contributed by atoms with Gasteiger partial charge in [0.25, 0.3) is 5.56 Å². The molecule has 0 amide bonds. The van der Waals surface area contributed by atoms with Gasteiger partial charge in [-0.3, -0.25) is 9.59 Å². The van der Waals surface area contributed by atoms with Crippen molar-refractivity contribution in [3.05, 3.63) is 20.8 Å². The second kappa shape index (κ2) is 3.18. The lowest BCUT2D eigenvalue weighted by molar-refractivity contribution is 0.0943. The minimum absolute atomic E-state index is 0.0127. The molecule has 0 fully saturated rings. The van der Waals surface area contributed by atoms with Gasteiger partial charge in [0.05, 0.1) is 11.1 Å². The number of thioether (sulfide) groups is 1. The van der Waals surface area contributed by atoms with Crippen LogP contribution in [0.3, 0.4) is 0 Å². The quantitative estimate of drug-likeness (QED) is 0.671. The zero-order chi connectivity index (χ0) is 11.4. The van der Waals surface area contributed by atoms with Gasteiger partial charge in [-0.05, 0) is 19.4 Å². The van der Waals surface area contributed by atoms with E-state index in [1.807, 2.05) is 13.8 Å². The minimum Gasteiger partial charge on any atom is -0.273 e. The van der Waals surface area contributed by atoms with Crippen LogP contribution in [0.5, 0.6) is 0 Å². The molecule has 0 unspecified atom stereocenters. The summed E-state index contributed by atoms with van der Waals surface area (Å²) in [5.74, 6) is 0.389. The summed E-state index contributed by atoms with van der Waals surface area (Å²) in [4.78, 5) is 29.3. The summed E-state index contributed by atoms with van der Waals surface area (Å²) in [5.41, 5.74) is 0.725. The molecule has 82 valence electrons. The highest BCUT2D eigenvalue weighted by molar-refractivity contribution is 8.00. The molecule has 2 aromatic rings. The topological polar surface area (TPSA) is 52.0 Å². The number of hydrogen-bond acceptors (Lipinski definition) is 5. The molecule has 4 nitrogen and oxygen atoms in total. The van der Waals surface area contributed by atoms with Crippen LogP contribution in [0.15, 0.2) is 9.95 Å². The molecule has 0 aromatic carbocycles. The molecule has 0 radical (unpaired) electrons. The highest BCUT2D eigenvalue weighted by Crippen LogP contribution is 2.33. The van der Waals surface area contributed by atoms with E-state index in [2.05, 4.69) is 4.98 Å². The Morgan fingerprint density at radius 2 is 2.06 bits per heavy atom. The Bertz CT molecular complexity index is 684. The van der Waals surface area contributed by atoms with Crippen molar-refractivity contribution in [3.63, 3.8) is 0 Å². The molecule has 0 bridgehead atoms. The fraction of sp³-hybridized carbons (Fsp3) is 0.300. The molecule has 0 saturated carbocycles. The lowest BCUT2D eigenvalue weighted by atomic mass is 10.2. The van der Waals surface area contributed by atoms with Gasteiger partial charge in [0.15, 0.2) is 5.16 Å². The molecule has 0 saturated heterocycles. The molecule has 0 aliphatic carbocycles. The number of carbonyl (C=O) groups excluding carboxylic acids is 1. The summed E-state index contributed by atoms with van der Waals surface area (Å²) in [6.07, 6.45) is 0. The van der Waals surface area contributed by atoms with Gasteiger partial charge in [-0.2, -0.15) is 4.98 Å². The molecular formula is C10H8N2O2S2. The summed E-state index contributed by atoms with van der Waals surface area (Å²) in [6, 6.07) is 0. The summed E-state index contributed by atoms with van der Waals surface area (Å²) >= 11 is 2.82. The monoisotopic (exact) mass is 252 g/mol. The number of carbonyl (C=O) groups is 1. The van der Waals surface area contributed by atoms with E-state index in [0.29, 0.717) is 16.3 Å². The zero-order valence-electron chi connectivity index (χ0n) is 8.73. The van der Waals surface area contributed by atoms with Gasteiger partial charge in [0.1, 0.15) is 4.83 Å². The van der Waals surface area contributed by atoms with Crippen LogP contribution < -0.4 is 5.56 Å². The van der Waals surface area contributed by atoms with Crippen molar-refractivity contribution < 1.29 is 4.79 Å². The Morgan fingerprint density at radius 1 is 1.31 bits per heavy atom. The standard InChI is InChI=1S/C10H8N2O2S2/c1-4-5(2)16-9-7(4)8(14)11-10-12(9)6(13)3-15-10/h3H2,1-2H3. The van der Waals surface area contributed by atoms with E-state index in [1.54, 1.807) is 4.57 Å². The molecule has 1 aliphatic rings. The van der Waals surface area contributed by atoms with Crippen molar-refractivity contribution >= 4 is 39.2 Å². The van der Waals surface area contributed by atoms with Gasteiger partial charge >= 0.3 is 0 Å². The number of aromatic nitrogens is 2. The number of rotatable bonds is 0. The second-order valence-corrected chi connectivity index (χ2v) is 5.83. The maximum absolute atomic E-state index is 11.8. The minimum atomic E-state index is -0.217. The van der Waals surface area contributed by atoms with Gasteiger partial charge in [-0.15, -0.1) is 11.3 Å².